The lowest BCUT2D eigenvalue weighted by molar-refractivity contribution is 0.432. The highest BCUT2D eigenvalue weighted by Crippen LogP contribution is 2.26. The van der Waals surface area contributed by atoms with E-state index in [1.165, 1.54) is 12.1 Å². The maximum atomic E-state index is 13.1. The average Bonchev–Trinajstić information content (AvgIpc) is 2.23. The van der Waals surface area contributed by atoms with E-state index in [9.17, 15) is 4.39 Å². The van der Waals surface area contributed by atoms with Crippen LogP contribution in [0.2, 0.25) is 0 Å². The first-order chi connectivity index (χ1) is 7.18. The molecule has 1 aromatic carbocycles. The van der Waals surface area contributed by atoms with E-state index in [0.717, 1.165) is 16.7 Å². The molecule has 0 amide bonds. The Hall–Kier alpha value is -1.90. The van der Waals surface area contributed by atoms with Gasteiger partial charge in [0.25, 0.3) is 0 Å². The van der Waals surface area contributed by atoms with Gasteiger partial charge in [0.2, 0.25) is 0 Å². The molecule has 0 spiro atoms. The monoisotopic (exact) mass is 203 g/mol. The number of pyridine rings is 1. The fourth-order valence-electron chi connectivity index (χ4n) is 1.44. The lowest BCUT2D eigenvalue weighted by Gasteiger charge is -2.05. The van der Waals surface area contributed by atoms with Crippen LogP contribution in [-0.2, 0) is 0 Å². The zero-order chi connectivity index (χ0) is 10.8. The molecule has 0 atom stereocenters. The second kappa shape index (κ2) is 3.69. The van der Waals surface area contributed by atoms with E-state index < -0.39 is 5.82 Å². The molecule has 15 heavy (non-hydrogen) atoms. The van der Waals surface area contributed by atoms with Crippen LogP contribution in [0, 0.1) is 12.7 Å². The minimum atomic E-state index is -0.615. The minimum Gasteiger partial charge on any atom is -0.505 e. The molecule has 0 aliphatic rings. The molecular formula is C12H10FNO. The van der Waals surface area contributed by atoms with E-state index in [1.54, 1.807) is 18.5 Å². The van der Waals surface area contributed by atoms with Gasteiger partial charge in [-0.2, -0.15) is 0 Å². The topological polar surface area (TPSA) is 33.1 Å². The van der Waals surface area contributed by atoms with Gasteiger partial charge in [-0.3, -0.25) is 4.98 Å². The van der Waals surface area contributed by atoms with Crippen LogP contribution >= 0.6 is 0 Å². The number of phenolic OH excluding ortho intramolecular Hbond substituents is 1. The fraction of sp³-hybridized carbons (Fsp3) is 0.0833. The maximum Gasteiger partial charge on any atom is 0.165 e. The van der Waals surface area contributed by atoms with Gasteiger partial charge in [-0.15, -0.1) is 0 Å². The van der Waals surface area contributed by atoms with Crippen molar-refractivity contribution in [3.05, 3.63) is 48.0 Å². The molecule has 0 bridgehead atoms. The molecule has 2 aromatic rings. The van der Waals surface area contributed by atoms with Gasteiger partial charge < -0.3 is 5.11 Å². The molecule has 0 saturated heterocycles. The maximum absolute atomic E-state index is 13.1. The van der Waals surface area contributed by atoms with E-state index in [0.29, 0.717) is 0 Å². The van der Waals surface area contributed by atoms with E-state index in [4.69, 9.17) is 5.11 Å². The fourth-order valence-corrected chi connectivity index (χ4v) is 1.44. The van der Waals surface area contributed by atoms with Crippen molar-refractivity contribution in [2.24, 2.45) is 0 Å². The molecule has 2 rings (SSSR count). The number of halogens is 1. The Kier molecular flexibility index (Phi) is 2.37. The second-order valence-electron chi connectivity index (χ2n) is 3.36. The molecule has 0 saturated carbocycles. The Labute approximate surface area is 87.0 Å². The van der Waals surface area contributed by atoms with Crippen LogP contribution in [0.3, 0.4) is 0 Å². The summed E-state index contributed by atoms with van der Waals surface area (Å²) in [4.78, 5) is 3.99. The molecule has 0 radical (unpaired) electrons. The molecule has 76 valence electrons. The van der Waals surface area contributed by atoms with Crippen molar-refractivity contribution < 1.29 is 9.50 Å². The van der Waals surface area contributed by atoms with Crippen molar-refractivity contribution >= 4 is 0 Å². The molecule has 0 unspecified atom stereocenters. The summed E-state index contributed by atoms with van der Waals surface area (Å²) in [7, 11) is 0. The number of aromatic hydroxyl groups is 1. The van der Waals surface area contributed by atoms with Gasteiger partial charge in [0.15, 0.2) is 11.6 Å². The number of aromatic nitrogens is 1. The van der Waals surface area contributed by atoms with Gasteiger partial charge in [-0.1, -0.05) is 6.07 Å². The number of hydrogen-bond acceptors (Lipinski definition) is 2. The van der Waals surface area contributed by atoms with Crippen molar-refractivity contribution in [2.75, 3.05) is 0 Å². The number of rotatable bonds is 1. The van der Waals surface area contributed by atoms with Gasteiger partial charge in [-0.25, -0.2) is 4.39 Å². The number of hydrogen-bond donors (Lipinski definition) is 1. The molecule has 2 nitrogen and oxygen atoms in total. The van der Waals surface area contributed by atoms with Gasteiger partial charge in [0, 0.05) is 18.0 Å². The smallest absolute Gasteiger partial charge is 0.165 e. The first kappa shape index (κ1) is 9.65. The van der Waals surface area contributed by atoms with Crippen LogP contribution < -0.4 is 0 Å². The molecule has 1 N–H and O–H groups in total. The minimum absolute atomic E-state index is 0.333. The van der Waals surface area contributed by atoms with Crippen molar-refractivity contribution in [2.45, 2.75) is 6.92 Å². The van der Waals surface area contributed by atoms with Crippen LogP contribution in [-0.4, -0.2) is 10.1 Å². The standard InChI is InChI=1S/C12H10FNO/c1-8-4-5-14-7-10(8)9-2-3-12(15)11(13)6-9/h2-7,15H,1H3. The van der Waals surface area contributed by atoms with E-state index in [-0.39, 0.29) is 5.75 Å². The third-order valence-corrected chi connectivity index (χ3v) is 2.30. The van der Waals surface area contributed by atoms with Crippen molar-refractivity contribution in [1.82, 2.24) is 4.98 Å². The Morgan fingerprint density at radius 3 is 2.73 bits per heavy atom. The van der Waals surface area contributed by atoms with Crippen LogP contribution in [0.1, 0.15) is 5.56 Å². The highest BCUT2D eigenvalue weighted by Gasteiger charge is 2.05. The zero-order valence-corrected chi connectivity index (χ0v) is 8.24. The number of benzene rings is 1. The van der Waals surface area contributed by atoms with Crippen molar-refractivity contribution in [3.63, 3.8) is 0 Å². The van der Waals surface area contributed by atoms with Crippen LogP contribution in [0.5, 0.6) is 5.75 Å². The van der Waals surface area contributed by atoms with E-state index in [2.05, 4.69) is 4.98 Å². The van der Waals surface area contributed by atoms with Gasteiger partial charge in [0.05, 0.1) is 0 Å². The third-order valence-electron chi connectivity index (χ3n) is 2.30. The van der Waals surface area contributed by atoms with Crippen LogP contribution in [0.15, 0.2) is 36.7 Å². The molecule has 1 aromatic heterocycles. The highest BCUT2D eigenvalue weighted by atomic mass is 19.1. The predicted octanol–water partition coefficient (Wildman–Crippen LogP) is 2.90. The molecule has 1 heterocycles. The second-order valence-corrected chi connectivity index (χ2v) is 3.36. The lowest BCUT2D eigenvalue weighted by atomic mass is 10.0. The van der Waals surface area contributed by atoms with Gasteiger partial charge >= 0.3 is 0 Å². The SMILES string of the molecule is Cc1ccncc1-c1ccc(O)c(F)c1. The number of phenols is 1. The van der Waals surface area contributed by atoms with E-state index in [1.807, 2.05) is 13.0 Å². The Balaban J connectivity index is 2.55. The summed E-state index contributed by atoms with van der Waals surface area (Å²) in [6.07, 6.45) is 3.37. The normalized spacial score (nSPS) is 10.3. The summed E-state index contributed by atoms with van der Waals surface area (Å²) in [6.45, 7) is 1.93. The molecule has 0 fully saturated rings. The first-order valence-electron chi connectivity index (χ1n) is 4.58. The molecule has 0 aliphatic heterocycles. The molecular weight excluding hydrogens is 193 g/mol. The van der Waals surface area contributed by atoms with E-state index >= 15 is 0 Å². The molecule has 0 aliphatic carbocycles. The summed E-state index contributed by atoms with van der Waals surface area (Å²) < 4.78 is 13.1. The zero-order valence-electron chi connectivity index (χ0n) is 8.24. The number of aryl methyl sites for hydroxylation is 1. The average molecular weight is 203 g/mol. The van der Waals surface area contributed by atoms with Crippen LogP contribution in [0.25, 0.3) is 11.1 Å². The summed E-state index contributed by atoms with van der Waals surface area (Å²) in [5.41, 5.74) is 2.61. The van der Waals surface area contributed by atoms with Gasteiger partial charge in [-0.05, 0) is 36.2 Å². The predicted molar refractivity (Wildman–Crippen MR) is 56.0 cm³/mol. The summed E-state index contributed by atoms with van der Waals surface area (Å²) in [6, 6.07) is 6.18. The third kappa shape index (κ3) is 1.81. The van der Waals surface area contributed by atoms with Crippen molar-refractivity contribution in [3.8, 4) is 16.9 Å². The quantitative estimate of drug-likeness (QED) is 0.773. The van der Waals surface area contributed by atoms with Gasteiger partial charge in [0.1, 0.15) is 0 Å². The first-order valence-corrected chi connectivity index (χ1v) is 4.58. The van der Waals surface area contributed by atoms with Crippen molar-refractivity contribution in [1.29, 1.82) is 0 Å². The lowest BCUT2D eigenvalue weighted by Crippen LogP contribution is -1.86. The molecule has 3 heteroatoms. The number of nitrogens with zero attached hydrogens (tertiary/aromatic N) is 1. The summed E-state index contributed by atoms with van der Waals surface area (Å²) in [5.74, 6) is -0.948. The Morgan fingerprint density at radius 1 is 1.27 bits per heavy atom. The summed E-state index contributed by atoms with van der Waals surface area (Å²) in [5, 5.41) is 9.07. The van der Waals surface area contributed by atoms with Crippen LogP contribution in [0.4, 0.5) is 4.39 Å². The Bertz CT molecular complexity index is 497. The largest absolute Gasteiger partial charge is 0.505 e. The summed E-state index contributed by atoms with van der Waals surface area (Å²) >= 11 is 0. The highest BCUT2D eigenvalue weighted by molar-refractivity contribution is 5.66. The Morgan fingerprint density at radius 2 is 2.07 bits per heavy atom.